The van der Waals surface area contributed by atoms with Gasteiger partial charge in [-0.05, 0) is 55.9 Å². The van der Waals surface area contributed by atoms with Crippen molar-refractivity contribution in [3.05, 3.63) is 0 Å². The zero-order chi connectivity index (χ0) is 14.0. The average Bonchev–Trinajstić information content (AvgIpc) is 2.78. The van der Waals surface area contributed by atoms with E-state index in [2.05, 4.69) is 32.6 Å². The van der Waals surface area contributed by atoms with E-state index in [-0.39, 0.29) is 6.10 Å². The van der Waals surface area contributed by atoms with E-state index in [1.165, 1.54) is 38.8 Å². The van der Waals surface area contributed by atoms with E-state index in [0.717, 1.165) is 13.0 Å². The zero-order valence-corrected chi connectivity index (χ0v) is 13.4. The molecular weight excluding hydrogens is 234 g/mol. The second-order valence-corrected chi connectivity index (χ2v) is 7.48. The van der Waals surface area contributed by atoms with Gasteiger partial charge in [0.15, 0.2) is 0 Å². The van der Waals surface area contributed by atoms with Crippen LogP contribution < -0.4 is 0 Å². The van der Waals surface area contributed by atoms with Gasteiger partial charge in [0.25, 0.3) is 0 Å². The molecule has 4 atom stereocenters. The molecule has 0 spiro atoms. The van der Waals surface area contributed by atoms with Gasteiger partial charge in [0.05, 0.1) is 6.10 Å². The van der Waals surface area contributed by atoms with E-state index in [0.29, 0.717) is 23.2 Å². The third-order valence-electron chi connectivity index (χ3n) is 6.13. The minimum absolute atomic E-state index is 0.0722. The predicted octanol–water partition coefficient (Wildman–Crippen LogP) is 3.54. The fraction of sp³-hybridized carbons (Fsp3) is 1.00. The number of nitrogens with zero attached hydrogens (tertiary/aromatic N) is 1. The Morgan fingerprint density at radius 1 is 1.16 bits per heavy atom. The van der Waals surface area contributed by atoms with Crippen LogP contribution in [0.15, 0.2) is 0 Å². The second-order valence-electron chi connectivity index (χ2n) is 7.48. The van der Waals surface area contributed by atoms with Gasteiger partial charge in [-0.3, -0.25) is 0 Å². The Labute approximate surface area is 119 Å². The van der Waals surface area contributed by atoms with Crippen LogP contribution in [0.4, 0.5) is 0 Å². The molecule has 1 saturated heterocycles. The molecule has 0 radical (unpaired) electrons. The van der Waals surface area contributed by atoms with Crippen molar-refractivity contribution < 1.29 is 5.11 Å². The van der Waals surface area contributed by atoms with Gasteiger partial charge < -0.3 is 10.0 Å². The molecule has 2 nitrogen and oxygen atoms in total. The molecule has 4 unspecified atom stereocenters. The molecule has 0 bridgehead atoms. The number of hydrogen-bond donors (Lipinski definition) is 1. The lowest BCUT2D eigenvalue weighted by Crippen LogP contribution is -2.42. The average molecular weight is 267 g/mol. The van der Waals surface area contributed by atoms with Crippen LogP contribution in [0.1, 0.15) is 59.8 Å². The highest BCUT2D eigenvalue weighted by Gasteiger charge is 2.39. The van der Waals surface area contributed by atoms with Gasteiger partial charge in [-0.25, -0.2) is 0 Å². The first kappa shape index (κ1) is 15.3. The molecule has 1 saturated carbocycles. The Hall–Kier alpha value is -0.0800. The second kappa shape index (κ2) is 6.13. The van der Waals surface area contributed by atoms with Crippen molar-refractivity contribution in [1.82, 2.24) is 4.90 Å². The van der Waals surface area contributed by atoms with Gasteiger partial charge in [-0.2, -0.15) is 0 Å². The van der Waals surface area contributed by atoms with Crippen LogP contribution in [0.25, 0.3) is 0 Å². The SMILES string of the molecule is CCC1(CC)CCN(CC2C(C)CC(C)CC2O)C1. The van der Waals surface area contributed by atoms with Crippen molar-refractivity contribution in [2.75, 3.05) is 19.6 Å². The molecule has 2 aliphatic rings. The van der Waals surface area contributed by atoms with Crippen molar-refractivity contribution in [2.24, 2.45) is 23.2 Å². The normalized spacial score (nSPS) is 39.6. The van der Waals surface area contributed by atoms with E-state index in [4.69, 9.17) is 0 Å². The molecule has 112 valence electrons. The molecule has 2 rings (SSSR count). The third-order valence-corrected chi connectivity index (χ3v) is 6.13. The van der Waals surface area contributed by atoms with E-state index in [9.17, 15) is 5.11 Å². The van der Waals surface area contributed by atoms with Crippen LogP contribution in [-0.4, -0.2) is 35.7 Å². The van der Waals surface area contributed by atoms with Gasteiger partial charge in [0, 0.05) is 19.0 Å². The Morgan fingerprint density at radius 2 is 1.84 bits per heavy atom. The fourth-order valence-corrected chi connectivity index (χ4v) is 4.48. The van der Waals surface area contributed by atoms with Gasteiger partial charge in [-0.1, -0.05) is 27.7 Å². The molecule has 0 aromatic rings. The molecule has 1 heterocycles. The maximum absolute atomic E-state index is 10.4. The van der Waals surface area contributed by atoms with Gasteiger partial charge >= 0.3 is 0 Å². The molecule has 1 N–H and O–H groups in total. The lowest BCUT2D eigenvalue weighted by molar-refractivity contribution is -0.000351. The smallest absolute Gasteiger partial charge is 0.0585 e. The summed E-state index contributed by atoms with van der Waals surface area (Å²) in [5, 5.41) is 10.4. The van der Waals surface area contributed by atoms with E-state index < -0.39 is 0 Å². The molecule has 2 fully saturated rings. The third kappa shape index (κ3) is 3.33. The summed E-state index contributed by atoms with van der Waals surface area (Å²) < 4.78 is 0. The van der Waals surface area contributed by atoms with Crippen LogP contribution in [-0.2, 0) is 0 Å². The quantitative estimate of drug-likeness (QED) is 0.842. The lowest BCUT2D eigenvalue weighted by Gasteiger charge is -2.39. The zero-order valence-electron chi connectivity index (χ0n) is 13.4. The number of aliphatic hydroxyl groups is 1. The predicted molar refractivity (Wildman–Crippen MR) is 81.1 cm³/mol. The molecule has 0 aromatic heterocycles. The van der Waals surface area contributed by atoms with Crippen molar-refractivity contribution in [2.45, 2.75) is 65.9 Å². The Morgan fingerprint density at radius 3 is 2.37 bits per heavy atom. The molecule has 19 heavy (non-hydrogen) atoms. The standard InChI is InChI=1S/C17H33NO/c1-5-17(6-2)7-8-18(12-17)11-15-14(4)9-13(3)10-16(15)19/h13-16,19H,5-12H2,1-4H3. The highest BCUT2D eigenvalue weighted by Crippen LogP contribution is 2.39. The summed E-state index contributed by atoms with van der Waals surface area (Å²) in [5.74, 6) is 1.88. The Kier molecular flexibility index (Phi) is 4.94. The molecule has 0 aromatic carbocycles. The summed E-state index contributed by atoms with van der Waals surface area (Å²) in [4.78, 5) is 2.63. The molecular formula is C17H33NO. The lowest BCUT2D eigenvalue weighted by atomic mass is 9.73. The van der Waals surface area contributed by atoms with Gasteiger partial charge in [0.2, 0.25) is 0 Å². The Bertz CT molecular complexity index is 275. The van der Waals surface area contributed by atoms with E-state index >= 15 is 0 Å². The Balaban J connectivity index is 1.91. The summed E-state index contributed by atoms with van der Waals surface area (Å²) in [6.45, 7) is 12.9. The number of rotatable bonds is 4. The summed E-state index contributed by atoms with van der Waals surface area (Å²) in [6.07, 6.45) is 6.20. The fourth-order valence-electron chi connectivity index (χ4n) is 4.48. The van der Waals surface area contributed by atoms with Crippen molar-refractivity contribution >= 4 is 0 Å². The van der Waals surface area contributed by atoms with Crippen LogP contribution in [0.3, 0.4) is 0 Å². The van der Waals surface area contributed by atoms with E-state index in [1.807, 2.05) is 0 Å². The van der Waals surface area contributed by atoms with Gasteiger partial charge in [0.1, 0.15) is 0 Å². The number of hydrogen-bond acceptors (Lipinski definition) is 2. The summed E-state index contributed by atoms with van der Waals surface area (Å²) in [7, 11) is 0. The first-order valence-electron chi connectivity index (χ1n) is 8.40. The molecule has 1 aliphatic heterocycles. The molecule has 1 aliphatic carbocycles. The summed E-state index contributed by atoms with van der Waals surface area (Å²) >= 11 is 0. The first-order chi connectivity index (χ1) is 8.99. The van der Waals surface area contributed by atoms with Crippen molar-refractivity contribution in [3.63, 3.8) is 0 Å². The monoisotopic (exact) mass is 267 g/mol. The molecule has 2 heteroatoms. The van der Waals surface area contributed by atoms with E-state index in [1.54, 1.807) is 0 Å². The minimum atomic E-state index is -0.0722. The highest BCUT2D eigenvalue weighted by atomic mass is 16.3. The first-order valence-corrected chi connectivity index (χ1v) is 8.40. The molecule has 0 amide bonds. The van der Waals surface area contributed by atoms with Crippen LogP contribution in [0.2, 0.25) is 0 Å². The van der Waals surface area contributed by atoms with Crippen LogP contribution in [0.5, 0.6) is 0 Å². The van der Waals surface area contributed by atoms with Crippen molar-refractivity contribution in [1.29, 1.82) is 0 Å². The summed E-state index contributed by atoms with van der Waals surface area (Å²) in [6, 6.07) is 0. The van der Waals surface area contributed by atoms with Crippen LogP contribution >= 0.6 is 0 Å². The highest BCUT2D eigenvalue weighted by molar-refractivity contribution is 4.91. The minimum Gasteiger partial charge on any atom is -0.393 e. The van der Waals surface area contributed by atoms with Crippen molar-refractivity contribution in [3.8, 4) is 0 Å². The van der Waals surface area contributed by atoms with Crippen LogP contribution in [0, 0.1) is 23.2 Å². The maximum Gasteiger partial charge on any atom is 0.0585 e. The number of aliphatic hydroxyl groups excluding tert-OH is 1. The maximum atomic E-state index is 10.4. The summed E-state index contributed by atoms with van der Waals surface area (Å²) in [5.41, 5.74) is 0.566. The largest absolute Gasteiger partial charge is 0.393 e. The number of likely N-dealkylation sites (tertiary alicyclic amines) is 1. The topological polar surface area (TPSA) is 23.5 Å². The van der Waals surface area contributed by atoms with Gasteiger partial charge in [-0.15, -0.1) is 0 Å².